The molecular weight excluding hydrogens is 418 g/mol. The number of thioether (sulfide) groups is 1. The van der Waals surface area contributed by atoms with Gasteiger partial charge in [-0.25, -0.2) is 9.97 Å². The van der Waals surface area contributed by atoms with Crippen LogP contribution in [0.2, 0.25) is 5.02 Å². The fraction of sp³-hybridized carbons (Fsp3) is 0.174. The van der Waals surface area contributed by atoms with Gasteiger partial charge in [-0.1, -0.05) is 41.8 Å². The molecule has 0 spiro atoms. The van der Waals surface area contributed by atoms with Gasteiger partial charge in [-0.2, -0.15) is 0 Å². The molecule has 0 aliphatic carbocycles. The minimum Gasteiger partial charge on any atom is -0.480 e. The van der Waals surface area contributed by atoms with Crippen molar-refractivity contribution < 1.29 is 9.90 Å². The molecule has 5 nitrogen and oxygen atoms in total. The number of rotatable bonds is 8. The average Bonchev–Trinajstić information content (AvgIpc) is 2.75. The van der Waals surface area contributed by atoms with E-state index in [2.05, 4.69) is 15.9 Å². The predicted octanol–water partition coefficient (Wildman–Crippen LogP) is 5.00. The SMILES string of the molecule is C#CCN(Cc1ccc(SC(C)C(=O)O)cc1)c1cc(-c2cccc(Cl)c2)ncn1. The molecule has 152 valence electrons. The van der Waals surface area contributed by atoms with Gasteiger partial charge in [-0.05, 0) is 36.8 Å². The molecule has 0 aliphatic rings. The number of anilines is 1. The first-order valence-electron chi connectivity index (χ1n) is 9.21. The zero-order valence-electron chi connectivity index (χ0n) is 16.3. The lowest BCUT2D eigenvalue weighted by molar-refractivity contribution is -0.136. The Kier molecular flexibility index (Phi) is 7.34. The highest BCUT2D eigenvalue weighted by Crippen LogP contribution is 2.26. The van der Waals surface area contributed by atoms with Crippen molar-refractivity contribution in [3.05, 3.63) is 71.5 Å². The Balaban J connectivity index is 1.79. The van der Waals surface area contributed by atoms with Crippen LogP contribution in [0, 0.1) is 12.3 Å². The van der Waals surface area contributed by atoms with Crippen molar-refractivity contribution in [2.45, 2.75) is 23.6 Å². The lowest BCUT2D eigenvalue weighted by atomic mass is 10.1. The number of carboxylic acids is 1. The van der Waals surface area contributed by atoms with Crippen LogP contribution in [0.15, 0.2) is 65.8 Å². The second kappa shape index (κ2) is 10.1. The Morgan fingerprint density at radius 3 is 2.67 bits per heavy atom. The minimum atomic E-state index is -0.830. The standard InChI is InChI=1S/C23H20ClN3O2S/c1-3-11-27(14-17-7-9-20(10-8-17)30-16(2)23(28)29)22-13-21(25-15-26-22)18-5-4-6-19(24)12-18/h1,4-10,12-13,15-16H,11,14H2,2H3,(H,28,29). The number of aromatic nitrogens is 2. The summed E-state index contributed by atoms with van der Waals surface area (Å²) in [4.78, 5) is 22.7. The molecule has 1 N–H and O–H groups in total. The van der Waals surface area contributed by atoms with E-state index in [0.717, 1.165) is 27.5 Å². The summed E-state index contributed by atoms with van der Waals surface area (Å²) < 4.78 is 0. The first-order chi connectivity index (χ1) is 14.5. The van der Waals surface area contributed by atoms with Crippen LogP contribution in [0.4, 0.5) is 5.82 Å². The Bertz CT molecular complexity index is 1070. The van der Waals surface area contributed by atoms with E-state index in [-0.39, 0.29) is 0 Å². The largest absolute Gasteiger partial charge is 0.480 e. The summed E-state index contributed by atoms with van der Waals surface area (Å²) in [5.74, 6) is 2.57. The second-order valence-electron chi connectivity index (χ2n) is 6.57. The molecule has 3 aromatic rings. The predicted molar refractivity (Wildman–Crippen MR) is 122 cm³/mol. The summed E-state index contributed by atoms with van der Waals surface area (Å²) in [7, 11) is 0. The van der Waals surface area contributed by atoms with Crippen LogP contribution in [-0.2, 0) is 11.3 Å². The van der Waals surface area contributed by atoms with E-state index in [9.17, 15) is 4.79 Å². The molecule has 1 atom stereocenters. The van der Waals surface area contributed by atoms with Gasteiger partial charge in [-0.15, -0.1) is 18.2 Å². The number of carboxylic acid groups (broad SMARTS) is 1. The first kappa shape index (κ1) is 21.7. The average molecular weight is 438 g/mol. The second-order valence-corrected chi connectivity index (χ2v) is 8.42. The Morgan fingerprint density at radius 1 is 1.23 bits per heavy atom. The number of benzene rings is 2. The molecule has 0 fully saturated rings. The smallest absolute Gasteiger partial charge is 0.316 e. The maximum atomic E-state index is 11.0. The van der Waals surface area contributed by atoms with Crippen LogP contribution in [0.5, 0.6) is 0 Å². The summed E-state index contributed by atoms with van der Waals surface area (Å²) >= 11 is 7.41. The monoisotopic (exact) mass is 437 g/mol. The molecule has 0 saturated heterocycles. The van der Waals surface area contributed by atoms with Gasteiger partial charge in [0.25, 0.3) is 0 Å². The van der Waals surface area contributed by atoms with Crippen LogP contribution in [-0.4, -0.2) is 32.8 Å². The van der Waals surface area contributed by atoms with E-state index in [0.29, 0.717) is 18.1 Å². The van der Waals surface area contributed by atoms with Crippen molar-refractivity contribution in [1.29, 1.82) is 0 Å². The maximum Gasteiger partial charge on any atom is 0.316 e. The van der Waals surface area contributed by atoms with Crippen LogP contribution in [0.1, 0.15) is 12.5 Å². The van der Waals surface area contributed by atoms with Crippen LogP contribution in [0.25, 0.3) is 11.3 Å². The van der Waals surface area contributed by atoms with Gasteiger partial charge >= 0.3 is 5.97 Å². The molecule has 0 amide bonds. The lowest BCUT2D eigenvalue weighted by Gasteiger charge is -2.22. The van der Waals surface area contributed by atoms with Crippen molar-refractivity contribution in [3.63, 3.8) is 0 Å². The van der Waals surface area contributed by atoms with Crippen molar-refractivity contribution in [2.75, 3.05) is 11.4 Å². The van der Waals surface area contributed by atoms with Crippen LogP contribution in [0.3, 0.4) is 0 Å². The molecule has 7 heteroatoms. The summed E-state index contributed by atoms with van der Waals surface area (Å²) in [6, 6.07) is 17.2. The normalized spacial score (nSPS) is 11.5. The number of nitrogens with zero attached hydrogens (tertiary/aromatic N) is 3. The van der Waals surface area contributed by atoms with Crippen molar-refractivity contribution >= 4 is 35.1 Å². The molecule has 1 aromatic heterocycles. The fourth-order valence-electron chi connectivity index (χ4n) is 2.80. The number of hydrogen-bond donors (Lipinski definition) is 1. The van der Waals surface area contributed by atoms with E-state index in [1.807, 2.05) is 59.5 Å². The van der Waals surface area contributed by atoms with Gasteiger partial charge in [0.05, 0.1) is 12.2 Å². The zero-order valence-corrected chi connectivity index (χ0v) is 17.9. The van der Waals surface area contributed by atoms with E-state index in [4.69, 9.17) is 23.1 Å². The molecular formula is C23H20ClN3O2S. The number of terminal acetylenes is 1. The summed E-state index contributed by atoms with van der Waals surface area (Å²) in [6.45, 7) is 2.62. The quantitative estimate of drug-likeness (QED) is 0.395. The van der Waals surface area contributed by atoms with E-state index < -0.39 is 11.2 Å². The molecule has 0 saturated carbocycles. The molecule has 30 heavy (non-hydrogen) atoms. The highest BCUT2D eigenvalue weighted by Gasteiger charge is 2.13. The number of halogens is 1. The molecule has 0 radical (unpaired) electrons. The third kappa shape index (κ3) is 5.76. The maximum absolute atomic E-state index is 11.0. The Labute approximate surface area is 185 Å². The summed E-state index contributed by atoms with van der Waals surface area (Å²) in [5.41, 5.74) is 2.71. The highest BCUT2D eigenvalue weighted by molar-refractivity contribution is 8.00. The van der Waals surface area contributed by atoms with Crippen molar-refractivity contribution in [3.8, 4) is 23.6 Å². The fourth-order valence-corrected chi connectivity index (χ4v) is 3.79. The van der Waals surface area contributed by atoms with Crippen LogP contribution >= 0.6 is 23.4 Å². The van der Waals surface area contributed by atoms with Gasteiger partial charge in [-0.3, -0.25) is 4.79 Å². The Morgan fingerprint density at radius 2 is 2.00 bits per heavy atom. The summed E-state index contributed by atoms with van der Waals surface area (Å²) in [5, 5.41) is 9.20. The molecule has 0 aliphatic heterocycles. The topological polar surface area (TPSA) is 66.3 Å². The molecule has 0 bridgehead atoms. The highest BCUT2D eigenvalue weighted by atomic mass is 35.5. The van der Waals surface area contributed by atoms with Gasteiger partial charge in [0.15, 0.2) is 0 Å². The van der Waals surface area contributed by atoms with E-state index in [1.54, 1.807) is 6.92 Å². The molecule has 1 heterocycles. The summed E-state index contributed by atoms with van der Waals surface area (Å²) in [6.07, 6.45) is 7.10. The van der Waals surface area contributed by atoms with Crippen molar-refractivity contribution in [1.82, 2.24) is 9.97 Å². The number of carbonyl (C=O) groups is 1. The molecule has 2 aromatic carbocycles. The van der Waals surface area contributed by atoms with Crippen molar-refractivity contribution in [2.24, 2.45) is 0 Å². The van der Waals surface area contributed by atoms with Crippen LogP contribution < -0.4 is 4.90 Å². The number of hydrogen-bond acceptors (Lipinski definition) is 5. The van der Waals surface area contributed by atoms with E-state index >= 15 is 0 Å². The Hall–Kier alpha value is -3.01. The zero-order chi connectivity index (χ0) is 21.5. The third-order valence-corrected chi connectivity index (χ3v) is 5.67. The minimum absolute atomic E-state index is 0.387. The van der Waals surface area contributed by atoms with Gasteiger partial charge in [0, 0.05) is 28.1 Å². The lowest BCUT2D eigenvalue weighted by Crippen LogP contribution is -2.24. The molecule has 1 unspecified atom stereocenters. The van der Waals surface area contributed by atoms with Gasteiger partial charge in [0.1, 0.15) is 17.4 Å². The number of aliphatic carboxylic acids is 1. The van der Waals surface area contributed by atoms with Gasteiger partial charge < -0.3 is 10.0 Å². The molecule has 3 rings (SSSR count). The first-order valence-corrected chi connectivity index (χ1v) is 10.5. The van der Waals surface area contributed by atoms with Gasteiger partial charge in [0.2, 0.25) is 0 Å². The third-order valence-electron chi connectivity index (χ3n) is 4.34. The van der Waals surface area contributed by atoms with E-state index in [1.165, 1.54) is 18.1 Å².